The Morgan fingerprint density at radius 2 is 0.790 bits per heavy atom. The Bertz CT molecular complexity index is 2530. The van der Waals surface area contributed by atoms with Crippen LogP contribution in [0.1, 0.15) is 29.5 Å². The van der Waals surface area contributed by atoms with Gasteiger partial charge in [-0.05, 0) is 52.4 Å². The van der Waals surface area contributed by atoms with Crippen LogP contribution in [0, 0.1) is 0 Å². The summed E-state index contributed by atoms with van der Waals surface area (Å²) in [6, 6.07) is 66.2. The summed E-state index contributed by atoms with van der Waals surface area (Å²) < 4.78 is 8.00. The molecule has 0 aliphatic heterocycles. The fraction of sp³-hybridized carbons (Fsp3) is 0.0769. The number of fused-ring (bicyclic) bond motifs is 2. The molecule has 0 aliphatic rings. The number of hydrogen-bond acceptors (Lipinski definition) is 5. The van der Waals surface area contributed by atoms with E-state index < -0.39 is 7.32 Å². The highest BCUT2D eigenvalue weighted by Gasteiger charge is 2.35. The lowest BCUT2D eigenvalue weighted by Gasteiger charge is -2.37. The molecule has 0 radical (unpaired) electrons. The van der Waals surface area contributed by atoms with Crippen molar-refractivity contribution in [2.75, 3.05) is 6.61 Å². The maximum absolute atomic E-state index is 10.7. The van der Waals surface area contributed by atoms with Crippen molar-refractivity contribution in [3.05, 3.63) is 252 Å². The second-order valence-corrected chi connectivity index (χ2v) is 14.9. The Hall–Kier alpha value is -6.52. The zero-order valence-corrected chi connectivity index (χ0v) is 35.3. The van der Waals surface area contributed by atoms with E-state index in [4.69, 9.17) is 37.5 Å². The van der Waals surface area contributed by atoms with Gasteiger partial charge in [-0.2, -0.15) is 0 Å². The normalized spacial score (nSPS) is 10.8. The molecule has 0 spiro atoms. The molecule has 10 heteroatoms. The molecule has 9 aromatic rings. The average Bonchev–Trinajstić information content (AvgIpc) is 3.33. The van der Waals surface area contributed by atoms with Crippen LogP contribution in [0.4, 0.5) is 0 Å². The van der Waals surface area contributed by atoms with Crippen molar-refractivity contribution in [3.8, 4) is 11.5 Å². The monoisotopic (exact) mass is 856 g/mol. The van der Waals surface area contributed by atoms with Crippen LogP contribution in [0.2, 0.25) is 10.0 Å². The zero-order valence-electron chi connectivity index (χ0n) is 33.8. The predicted octanol–water partition coefficient (Wildman–Crippen LogP) is 9.77. The Balaban J connectivity index is 0.000000143. The zero-order chi connectivity index (χ0) is 43.0. The van der Waals surface area contributed by atoms with Gasteiger partial charge in [-0.1, -0.05) is 187 Å². The first-order valence-corrected chi connectivity index (χ1v) is 20.9. The van der Waals surface area contributed by atoms with Gasteiger partial charge in [0.2, 0.25) is 36.3 Å². The Kier molecular flexibility index (Phi) is 15.3. The number of nitrogens with zero attached hydrogens (tertiary/aromatic N) is 2. The van der Waals surface area contributed by atoms with Crippen LogP contribution in [-0.4, -0.2) is 13.9 Å². The molecule has 0 bridgehead atoms. The standard InChI is InChI=1S/C22H21BO3.2C15H11ClNO/c24-23(25)26-18-10-17-22(19-11-4-1-5-12-19,20-13-6-2-7-14-20)21-15-8-3-9-16-21;2*16-14-9-8-12-6-2-3-7-13(12)15(14)18-17-10-4-1-5-11-17/h1-9,11-16H,10,17-18H2;2*1-11H/q-2;2*+1. The van der Waals surface area contributed by atoms with Gasteiger partial charge in [0, 0.05) is 56.5 Å². The Morgan fingerprint density at radius 1 is 0.435 bits per heavy atom. The lowest BCUT2D eigenvalue weighted by Crippen LogP contribution is -2.48. The molecule has 0 atom stereocenters. The molecule has 0 fully saturated rings. The van der Waals surface area contributed by atoms with E-state index in [1.165, 1.54) is 16.7 Å². The van der Waals surface area contributed by atoms with E-state index in [2.05, 4.69) is 36.4 Å². The molecule has 308 valence electrons. The number of rotatable bonds is 12. The fourth-order valence-electron chi connectivity index (χ4n) is 7.33. The van der Waals surface area contributed by atoms with E-state index in [0.717, 1.165) is 28.0 Å². The molecule has 0 aliphatic carbocycles. The third kappa shape index (κ3) is 11.0. The maximum atomic E-state index is 10.7. The molecule has 2 aromatic heterocycles. The maximum Gasteiger partial charge on any atom is 0.230 e. The summed E-state index contributed by atoms with van der Waals surface area (Å²) in [6.45, 7) is 0.159. The van der Waals surface area contributed by atoms with E-state index in [1.54, 1.807) is 9.46 Å². The summed E-state index contributed by atoms with van der Waals surface area (Å²) in [5.41, 5.74) is 3.17. The quantitative estimate of drug-likeness (QED) is 0.0529. The number of pyridine rings is 2. The lowest BCUT2D eigenvalue weighted by molar-refractivity contribution is -0.874. The van der Waals surface area contributed by atoms with Gasteiger partial charge in [-0.15, -0.1) is 0 Å². The fourth-order valence-corrected chi connectivity index (χ4v) is 7.73. The Labute approximate surface area is 372 Å². The molecule has 9 rings (SSSR count). The van der Waals surface area contributed by atoms with Crippen molar-refractivity contribution in [1.29, 1.82) is 0 Å². The molecule has 0 saturated heterocycles. The van der Waals surface area contributed by atoms with Crippen molar-refractivity contribution in [2.45, 2.75) is 18.3 Å². The van der Waals surface area contributed by atoms with Crippen LogP contribution in [0.25, 0.3) is 21.5 Å². The Morgan fingerprint density at radius 3 is 1.18 bits per heavy atom. The number of halogens is 2. The first-order valence-electron chi connectivity index (χ1n) is 20.2. The molecule has 0 amide bonds. The summed E-state index contributed by atoms with van der Waals surface area (Å²) in [7, 11) is -2.23. The van der Waals surface area contributed by atoms with Crippen molar-refractivity contribution in [3.63, 3.8) is 0 Å². The predicted molar refractivity (Wildman–Crippen MR) is 243 cm³/mol. The van der Waals surface area contributed by atoms with Crippen molar-refractivity contribution in [2.24, 2.45) is 0 Å². The number of benzene rings is 7. The summed E-state index contributed by atoms with van der Waals surface area (Å²) in [5, 5.41) is 26.8. The van der Waals surface area contributed by atoms with Gasteiger partial charge >= 0.3 is 0 Å². The molecule has 7 aromatic carbocycles. The molecular formula is C52H43BCl2N2O5. The first-order chi connectivity index (χ1) is 30.4. The molecule has 7 nitrogen and oxygen atoms in total. The lowest BCUT2D eigenvalue weighted by atomic mass is 9.67. The number of aromatic nitrogens is 2. The third-order valence-corrected chi connectivity index (χ3v) is 10.8. The molecule has 62 heavy (non-hydrogen) atoms. The molecular weight excluding hydrogens is 814 g/mol. The molecule has 2 heterocycles. The molecule has 0 unspecified atom stereocenters. The summed E-state index contributed by atoms with van der Waals surface area (Å²) in [5.74, 6) is 1.34. The van der Waals surface area contributed by atoms with Crippen LogP contribution < -0.4 is 29.2 Å². The first kappa shape index (κ1) is 43.6. The average molecular weight is 858 g/mol. The SMILES string of the molecule is Clc1ccc2ccccc2c1O[n+]1ccccc1.Clc1ccc2ccccc2c1O[n+]1ccccc1.[O-]B([O-])OCCCC(c1ccccc1)(c1ccccc1)c1ccccc1. The second kappa shape index (κ2) is 21.8. The van der Waals surface area contributed by atoms with Gasteiger partial charge < -0.3 is 14.7 Å². The minimum absolute atomic E-state index is 0.159. The van der Waals surface area contributed by atoms with E-state index in [-0.39, 0.29) is 12.0 Å². The highest BCUT2D eigenvalue weighted by molar-refractivity contribution is 6.33. The van der Waals surface area contributed by atoms with Gasteiger partial charge in [0.25, 0.3) is 0 Å². The highest BCUT2D eigenvalue weighted by atomic mass is 35.5. The van der Waals surface area contributed by atoms with E-state index in [1.807, 2.05) is 189 Å². The largest absolute Gasteiger partial charge is 0.871 e. The van der Waals surface area contributed by atoms with Crippen LogP contribution in [-0.2, 0) is 10.1 Å². The smallest absolute Gasteiger partial charge is 0.230 e. The van der Waals surface area contributed by atoms with Gasteiger partial charge in [0.05, 0.1) is 17.4 Å². The van der Waals surface area contributed by atoms with Crippen LogP contribution in [0.15, 0.2) is 225 Å². The van der Waals surface area contributed by atoms with Gasteiger partial charge in [0.15, 0.2) is 0 Å². The topological polar surface area (TPSA) is 81.6 Å². The summed E-state index contributed by atoms with van der Waals surface area (Å²) in [4.78, 5) is 11.6. The summed E-state index contributed by atoms with van der Waals surface area (Å²) in [6.07, 6.45) is 8.67. The molecule has 0 saturated carbocycles. The van der Waals surface area contributed by atoms with Crippen LogP contribution in [0.3, 0.4) is 0 Å². The minimum Gasteiger partial charge on any atom is -0.871 e. The van der Waals surface area contributed by atoms with E-state index >= 15 is 0 Å². The number of hydrogen-bond donors (Lipinski definition) is 0. The second-order valence-electron chi connectivity index (χ2n) is 14.1. The minimum atomic E-state index is -2.23. The van der Waals surface area contributed by atoms with Crippen LogP contribution in [0.5, 0.6) is 11.5 Å². The third-order valence-electron chi connectivity index (χ3n) is 10.2. The van der Waals surface area contributed by atoms with Gasteiger partial charge in [-0.3, -0.25) is 0 Å². The molecule has 0 N–H and O–H groups in total. The van der Waals surface area contributed by atoms with Crippen molar-refractivity contribution < 1.29 is 33.8 Å². The van der Waals surface area contributed by atoms with Crippen LogP contribution >= 0.6 is 23.2 Å². The van der Waals surface area contributed by atoms with Crippen molar-refractivity contribution in [1.82, 2.24) is 0 Å². The van der Waals surface area contributed by atoms with E-state index in [9.17, 15) is 10.0 Å². The van der Waals surface area contributed by atoms with E-state index in [0.29, 0.717) is 28.0 Å². The van der Waals surface area contributed by atoms with Gasteiger partial charge in [-0.25, -0.2) is 9.68 Å². The summed E-state index contributed by atoms with van der Waals surface area (Å²) >= 11 is 12.4. The van der Waals surface area contributed by atoms with Crippen molar-refractivity contribution >= 4 is 52.1 Å². The highest BCUT2D eigenvalue weighted by Crippen LogP contribution is 2.43. The van der Waals surface area contributed by atoms with Gasteiger partial charge in [0.1, 0.15) is 0 Å².